The number of rotatable bonds is 5. The number of hydrogen-bond donors (Lipinski definition) is 1. The van der Waals surface area contributed by atoms with E-state index in [1.807, 2.05) is 19.9 Å². The number of fused-ring (bicyclic) bond motifs is 1. The Morgan fingerprint density at radius 1 is 1.13 bits per heavy atom. The van der Waals surface area contributed by atoms with Gasteiger partial charge in [-0.1, -0.05) is 11.6 Å². The molecule has 1 atom stereocenters. The Morgan fingerprint density at radius 3 is 2.30 bits per heavy atom. The Hall–Kier alpha value is -2.40. The molecule has 0 aliphatic heterocycles. The Balaban J connectivity index is 2.57. The molecule has 0 saturated heterocycles. The van der Waals surface area contributed by atoms with Crippen molar-refractivity contribution in [2.45, 2.75) is 26.4 Å². The molecule has 1 aromatic rings. The zero-order chi connectivity index (χ0) is 17.1. The van der Waals surface area contributed by atoms with Crippen LogP contribution in [0.1, 0.15) is 36.2 Å². The normalized spacial score (nSPS) is 14.7. The molecule has 0 radical (unpaired) electrons. The number of benzene rings is 1. The minimum absolute atomic E-state index is 0.0755. The third-order valence-corrected chi connectivity index (χ3v) is 3.71. The van der Waals surface area contributed by atoms with Crippen LogP contribution in [0.25, 0.3) is 6.08 Å². The second kappa shape index (κ2) is 6.79. The van der Waals surface area contributed by atoms with Crippen LogP contribution in [0.3, 0.4) is 0 Å². The summed E-state index contributed by atoms with van der Waals surface area (Å²) in [6.45, 7) is 3.80. The molecule has 5 nitrogen and oxygen atoms in total. The summed E-state index contributed by atoms with van der Waals surface area (Å²) in [5.74, 6) is -0.634. The van der Waals surface area contributed by atoms with Gasteiger partial charge >= 0.3 is 0 Å². The van der Waals surface area contributed by atoms with Crippen LogP contribution < -0.4 is 9.47 Å². The minimum Gasteiger partial charge on any atom is -0.496 e. The molecule has 5 heteroatoms. The molecular weight excluding hydrogens is 296 g/mol. The highest BCUT2D eigenvalue weighted by molar-refractivity contribution is 6.52. The molecule has 0 fully saturated rings. The average Bonchev–Trinajstić information content (AvgIpc) is 2.54. The maximum Gasteiger partial charge on any atom is 0.237 e. The predicted molar refractivity (Wildman–Crippen MR) is 86.9 cm³/mol. The molecule has 1 aliphatic carbocycles. The molecule has 0 saturated carbocycles. The molecule has 2 rings (SSSR count). The molecular formula is C18H20O5. The summed E-state index contributed by atoms with van der Waals surface area (Å²) in [5, 5.41) is 10.3. The summed E-state index contributed by atoms with van der Waals surface area (Å²) in [5.41, 5.74) is 1.74. The van der Waals surface area contributed by atoms with E-state index < -0.39 is 17.7 Å². The molecule has 1 N–H and O–H groups in total. The lowest BCUT2D eigenvalue weighted by atomic mass is 9.85. The number of Topliss-reactive ketones (excluding diaryl/α,β-unsaturated/α-hetero) is 2. The molecule has 1 aliphatic rings. The first-order chi connectivity index (χ1) is 10.9. The Bertz CT molecular complexity index is 708. The zero-order valence-corrected chi connectivity index (χ0v) is 13.7. The number of carbonyl (C=O) groups excluding carboxylic acids is 2. The number of ketones is 2. The van der Waals surface area contributed by atoms with E-state index in [-0.39, 0.29) is 17.6 Å². The Morgan fingerprint density at radius 2 is 1.74 bits per heavy atom. The van der Waals surface area contributed by atoms with E-state index >= 15 is 0 Å². The van der Waals surface area contributed by atoms with E-state index in [1.54, 1.807) is 12.1 Å². The number of carbonyl (C=O) groups is 2. The lowest BCUT2D eigenvalue weighted by Crippen LogP contribution is -2.28. The summed E-state index contributed by atoms with van der Waals surface area (Å²) in [6.07, 6.45) is 2.57. The van der Waals surface area contributed by atoms with Crippen LogP contribution in [0.4, 0.5) is 0 Å². The third kappa shape index (κ3) is 3.19. The molecule has 1 aromatic carbocycles. The van der Waals surface area contributed by atoms with E-state index in [4.69, 9.17) is 9.47 Å². The number of ether oxygens (including phenoxy) is 2. The van der Waals surface area contributed by atoms with Gasteiger partial charge in [0.1, 0.15) is 11.5 Å². The molecule has 0 heterocycles. The van der Waals surface area contributed by atoms with Crippen molar-refractivity contribution in [2.75, 3.05) is 14.2 Å². The third-order valence-electron chi connectivity index (χ3n) is 3.71. The van der Waals surface area contributed by atoms with Gasteiger partial charge in [0.05, 0.1) is 25.9 Å². The van der Waals surface area contributed by atoms with Gasteiger partial charge in [-0.15, -0.1) is 0 Å². The summed E-state index contributed by atoms with van der Waals surface area (Å²) in [7, 11) is 2.92. The molecule has 0 amide bonds. The highest BCUT2D eigenvalue weighted by Gasteiger charge is 2.34. The van der Waals surface area contributed by atoms with Crippen molar-refractivity contribution in [3.63, 3.8) is 0 Å². The van der Waals surface area contributed by atoms with Gasteiger partial charge < -0.3 is 14.6 Å². The monoisotopic (exact) mass is 316 g/mol. The molecule has 122 valence electrons. The summed E-state index contributed by atoms with van der Waals surface area (Å²) >= 11 is 0. The lowest BCUT2D eigenvalue weighted by Gasteiger charge is -2.21. The van der Waals surface area contributed by atoms with Crippen LogP contribution in [-0.4, -0.2) is 37.0 Å². The standard InChI is InChI=1S/C18H20O5/c1-10(2)5-6-13(19)11-9-12-14(22-3)7-8-15(23-4)16(12)18(21)17(11)20/h5,7-9,13,19H,6H2,1-4H3. The fraction of sp³-hybridized carbons (Fsp3) is 0.333. The molecule has 23 heavy (non-hydrogen) atoms. The lowest BCUT2D eigenvalue weighted by molar-refractivity contribution is -0.112. The maximum absolute atomic E-state index is 12.5. The van der Waals surface area contributed by atoms with E-state index in [2.05, 4.69) is 0 Å². The van der Waals surface area contributed by atoms with Crippen molar-refractivity contribution in [1.29, 1.82) is 0 Å². The van der Waals surface area contributed by atoms with Crippen LogP contribution in [0.15, 0.2) is 29.4 Å². The van der Waals surface area contributed by atoms with Crippen molar-refractivity contribution >= 4 is 17.6 Å². The quantitative estimate of drug-likeness (QED) is 0.667. The minimum atomic E-state index is -1.04. The van der Waals surface area contributed by atoms with Gasteiger partial charge in [0.15, 0.2) is 0 Å². The number of aliphatic hydroxyl groups is 1. The molecule has 0 bridgehead atoms. The topological polar surface area (TPSA) is 72.8 Å². The van der Waals surface area contributed by atoms with Crippen molar-refractivity contribution < 1.29 is 24.2 Å². The highest BCUT2D eigenvalue weighted by atomic mass is 16.5. The smallest absolute Gasteiger partial charge is 0.237 e. The van der Waals surface area contributed by atoms with Gasteiger partial charge in [-0.2, -0.15) is 0 Å². The second-order valence-electron chi connectivity index (χ2n) is 5.55. The maximum atomic E-state index is 12.5. The van der Waals surface area contributed by atoms with Crippen LogP contribution in [0.2, 0.25) is 0 Å². The van der Waals surface area contributed by atoms with Crippen molar-refractivity contribution in [3.05, 3.63) is 40.5 Å². The van der Waals surface area contributed by atoms with E-state index in [0.717, 1.165) is 5.57 Å². The number of hydrogen-bond acceptors (Lipinski definition) is 5. The van der Waals surface area contributed by atoms with Gasteiger partial charge in [-0.25, -0.2) is 0 Å². The van der Waals surface area contributed by atoms with Crippen molar-refractivity contribution in [2.24, 2.45) is 0 Å². The first kappa shape index (κ1) is 17.0. The van der Waals surface area contributed by atoms with Gasteiger partial charge in [0, 0.05) is 11.1 Å². The first-order valence-electron chi connectivity index (χ1n) is 7.27. The average molecular weight is 316 g/mol. The SMILES string of the molecule is COc1ccc(OC)c2c1C=C(C(O)CC=C(C)C)C(=O)C2=O. The predicted octanol–water partition coefficient (Wildman–Crippen LogP) is 2.57. The van der Waals surface area contributed by atoms with Crippen LogP contribution in [0.5, 0.6) is 11.5 Å². The molecule has 0 aromatic heterocycles. The van der Waals surface area contributed by atoms with E-state index in [1.165, 1.54) is 20.3 Å². The highest BCUT2D eigenvalue weighted by Crippen LogP contribution is 2.37. The largest absolute Gasteiger partial charge is 0.496 e. The van der Waals surface area contributed by atoms with Gasteiger partial charge in [-0.3, -0.25) is 9.59 Å². The van der Waals surface area contributed by atoms with E-state index in [9.17, 15) is 14.7 Å². The summed E-state index contributed by atoms with van der Waals surface area (Å²) < 4.78 is 10.4. The summed E-state index contributed by atoms with van der Waals surface area (Å²) in [4.78, 5) is 24.8. The van der Waals surface area contributed by atoms with Crippen LogP contribution in [0, 0.1) is 0 Å². The fourth-order valence-corrected chi connectivity index (χ4v) is 2.49. The molecule has 0 spiro atoms. The zero-order valence-electron chi connectivity index (χ0n) is 13.7. The van der Waals surface area contributed by atoms with Crippen molar-refractivity contribution in [1.82, 2.24) is 0 Å². The van der Waals surface area contributed by atoms with E-state index in [0.29, 0.717) is 17.1 Å². The van der Waals surface area contributed by atoms with Gasteiger partial charge in [0.25, 0.3) is 0 Å². The van der Waals surface area contributed by atoms with Crippen molar-refractivity contribution in [3.8, 4) is 11.5 Å². The van der Waals surface area contributed by atoms with Gasteiger partial charge in [-0.05, 0) is 38.5 Å². The number of methoxy groups -OCH3 is 2. The van der Waals surface area contributed by atoms with Crippen LogP contribution in [-0.2, 0) is 4.79 Å². The van der Waals surface area contributed by atoms with Crippen LogP contribution >= 0.6 is 0 Å². The number of allylic oxidation sites excluding steroid dienone is 1. The fourth-order valence-electron chi connectivity index (χ4n) is 2.49. The van der Waals surface area contributed by atoms with Gasteiger partial charge in [0.2, 0.25) is 11.6 Å². The molecule has 1 unspecified atom stereocenters. The summed E-state index contributed by atoms with van der Waals surface area (Å²) in [6, 6.07) is 3.25. The second-order valence-corrected chi connectivity index (χ2v) is 5.55. The number of aliphatic hydroxyl groups excluding tert-OH is 1. The first-order valence-corrected chi connectivity index (χ1v) is 7.27. The Kier molecular flexibility index (Phi) is 5.01. The Labute approximate surface area is 135 Å².